The second kappa shape index (κ2) is 7.38. The van der Waals surface area contributed by atoms with Crippen molar-refractivity contribution in [2.45, 2.75) is 24.6 Å². The largest absolute Gasteiger partial charge is 0.497 e. The van der Waals surface area contributed by atoms with Crippen LogP contribution in [0.2, 0.25) is 0 Å². The van der Waals surface area contributed by atoms with Crippen LogP contribution in [-0.4, -0.2) is 52.6 Å². The van der Waals surface area contributed by atoms with Crippen molar-refractivity contribution in [2.24, 2.45) is 0 Å². The molecule has 9 nitrogen and oxygen atoms in total. The highest BCUT2D eigenvalue weighted by Crippen LogP contribution is 2.25. The number of aromatic nitrogens is 3. The van der Waals surface area contributed by atoms with Crippen LogP contribution in [0.25, 0.3) is 11.3 Å². The van der Waals surface area contributed by atoms with Gasteiger partial charge in [0.05, 0.1) is 13.3 Å². The summed E-state index contributed by atoms with van der Waals surface area (Å²) in [5, 5.41) is 16.5. The van der Waals surface area contributed by atoms with Gasteiger partial charge in [0.25, 0.3) is 5.91 Å². The Morgan fingerprint density at radius 3 is 2.69 bits per heavy atom. The van der Waals surface area contributed by atoms with Crippen molar-refractivity contribution in [3.8, 4) is 17.0 Å². The zero-order valence-electron chi connectivity index (χ0n) is 14.4. The third-order valence-electron chi connectivity index (χ3n) is 4.21. The lowest BCUT2D eigenvalue weighted by Gasteiger charge is -2.24. The van der Waals surface area contributed by atoms with E-state index in [0.717, 1.165) is 6.26 Å². The number of carbonyl (C=O) groups excluding carboxylic acids is 1. The van der Waals surface area contributed by atoms with Gasteiger partial charge in [-0.05, 0) is 25.5 Å². The SMILES string of the molecule is COc1ccc(-c2cn(CC[C@](C)(C(=O)NO)S(C)(=O)=O)nn2)c(F)c1. The van der Waals surface area contributed by atoms with Crippen LogP contribution in [0, 0.1) is 5.82 Å². The molecule has 1 aromatic heterocycles. The Morgan fingerprint density at radius 1 is 1.46 bits per heavy atom. The molecular weight excluding hydrogens is 367 g/mol. The fourth-order valence-corrected chi connectivity index (χ4v) is 3.12. The fraction of sp³-hybridized carbons (Fsp3) is 0.400. The lowest BCUT2D eigenvalue weighted by molar-refractivity contribution is -0.131. The minimum Gasteiger partial charge on any atom is -0.497 e. The number of methoxy groups -OCH3 is 1. The van der Waals surface area contributed by atoms with Gasteiger partial charge in [0.2, 0.25) is 0 Å². The summed E-state index contributed by atoms with van der Waals surface area (Å²) in [6.45, 7) is 1.22. The number of benzene rings is 1. The molecule has 0 fully saturated rings. The molecule has 0 aliphatic rings. The first kappa shape index (κ1) is 19.8. The first-order valence-electron chi connectivity index (χ1n) is 7.50. The van der Waals surface area contributed by atoms with E-state index in [1.54, 1.807) is 6.07 Å². The summed E-state index contributed by atoms with van der Waals surface area (Å²) in [7, 11) is -2.39. The number of nitrogens with one attached hydrogen (secondary N) is 1. The zero-order valence-corrected chi connectivity index (χ0v) is 15.2. The van der Waals surface area contributed by atoms with Crippen molar-refractivity contribution in [1.29, 1.82) is 0 Å². The van der Waals surface area contributed by atoms with E-state index in [0.29, 0.717) is 5.75 Å². The van der Waals surface area contributed by atoms with Crippen LogP contribution < -0.4 is 10.2 Å². The lowest BCUT2D eigenvalue weighted by atomic mass is 10.1. The maximum absolute atomic E-state index is 14.1. The van der Waals surface area contributed by atoms with Crippen molar-refractivity contribution in [3.05, 3.63) is 30.2 Å². The van der Waals surface area contributed by atoms with Crippen molar-refractivity contribution in [1.82, 2.24) is 20.5 Å². The van der Waals surface area contributed by atoms with Gasteiger partial charge >= 0.3 is 0 Å². The summed E-state index contributed by atoms with van der Waals surface area (Å²) >= 11 is 0. The number of rotatable bonds is 7. The van der Waals surface area contributed by atoms with Crippen molar-refractivity contribution < 1.29 is 27.5 Å². The van der Waals surface area contributed by atoms with E-state index in [9.17, 15) is 17.6 Å². The second-order valence-electron chi connectivity index (χ2n) is 5.91. The molecule has 1 aromatic carbocycles. The molecule has 142 valence electrons. The third kappa shape index (κ3) is 3.83. The first-order chi connectivity index (χ1) is 12.1. The molecule has 1 heterocycles. The second-order valence-corrected chi connectivity index (χ2v) is 8.35. The quantitative estimate of drug-likeness (QED) is 0.533. The van der Waals surface area contributed by atoms with Crippen LogP contribution >= 0.6 is 0 Å². The predicted molar refractivity (Wildman–Crippen MR) is 89.8 cm³/mol. The Hall–Kier alpha value is -2.53. The van der Waals surface area contributed by atoms with Gasteiger partial charge in [0.1, 0.15) is 17.3 Å². The smallest absolute Gasteiger partial charge is 0.264 e. The Kier molecular flexibility index (Phi) is 5.62. The minimum atomic E-state index is -3.81. The Bertz CT molecular complexity index is 915. The summed E-state index contributed by atoms with van der Waals surface area (Å²) in [5.74, 6) is -1.23. The van der Waals surface area contributed by atoms with Crippen LogP contribution in [0.1, 0.15) is 13.3 Å². The van der Waals surface area contributed by atoms with Crippen LogP contribution in [0.15, 0.2) is 24.4 Å². The van der Waals surface area contributed by atoms with E-state index in [2.05, 4.69) is 10.3 Å². The summed E-state index contributed by atoms with van der Waals surface area (Å²) in [5.41, 5.74) is 1.83. The summed E-state index contributed by atoms with van der Waals surface area (Å²) in [6.07, 6.45) is 2.18. The molecule has 1 atom stereocenters. The fourth-order valence-electron chi connectivity index (χ4n) is 2.28. The number of amides is 1. The Morgan fingerprint density at radius 2 is 2.15 bits per heavy atom. The minimum absolute atomic E-state index is 0.0156. The number of aryl methyl sites for hydroxylation is 1. The number of sulfone groups is 1. The summed E-state index contributed by atoms with van der Waals surface area (Å²) in [6, 6.07) is 4.27. The number of nitrogens with zero attached hydrogens (tertiary/aromatic N) is 3. The van der Waals surface area contributed by atoms with Gasteiger partial charge in [-0.3, -0.25) is 14.7 Å². The normalized spacial score (nSPS) is 13.9. The molecule has 1 amide bonds. The van der Waals surface area contributed by atoms with Crippen LogP contribution in [-0.2, 0) is 21.2 Å². The molecule has 0 saturated heterocycles. The van der Waals surface area contributed by atoms with E-state index >= 15 is 0 Å². The molecule has 11 heteroatoms. The van der Waals surface area contributed by atoms with E-state index in [1.165, 1.54) is 42.5 Å². The van der Waals surface area contributed by atoms with Gasteiger partial charge in [0.15, 0.2) is 14.6 Å². The predicted octanol–water partition coefficient (Wildman–Crippen LogP) is 0.792. The monoisotopic (exact) mass is 386 g/mol. The standard InChI is InChI=1S/C15H19FN4O5S/c1-15(14(21)18-22,26(3,23)24)6-7-20-9-13(17-19-20)11-5-4-10(25-2)8-12(11)16/h4-5,8-9,22H,6-7H2,1-3H3,(H,18,21)/t15-/m1/s1. The highest BCUT2D eigenvalue weighted by Gasteiger charge is 2.43. The van der Waals surface area contributed by atoms with Gasteiger partial charge in [-0.25, -0.2) is 18.3 Å². The molecule has 2 aromatic rings. The maximum atomic E-state index is 14.1. The van der Waals surface area contributed by atoms with E-state index in [1.807, 2.05) is 0 Å². The van der Waals surface area contributed by atoms with Crippen molar-refractivity contribution >= 4 is 15.7 Å². The zero-order chi connectivity index (χ0) is 19.5. The average molecular weight is 386 g/mol. The van der Waals surface area contributed by atoms with E-state index < -0.39 is 26.3 Å². The number of hydrogen-bond donors (Lipinski definition) is 2. The molecule has 26 heavy (non-hydrogen) atoms. The molecule has 0 radical (unpaired) electrons. The maximum Gasteiger partial charge on any atom is 0.264 e. The third-order valence-corrected chi connectivity index (χ3v) is 6.24. The van der Waals surface area contributed by atoms with Gasteiger partial charge in [0, 0.05) is 24.4 Å². The average Bonchev–Trinajstić information content (AvgIpc) is 3.06. The lowest BCUT2D eigenvalue weighted by Crippen LogP contribution is -2.49. The van der Waals surface area contributed by atoms with Gasteiger partial charge in [-0.15, -0.1) is 5.10 Å². The molecule has 2 rings (SSSR count). The molecular formula is C15H19FN4O5S. The number of ether oxygens (including phenoxy) is 1. The van der Waals surface area contributed by atoms with Crippen LogP contribution in [0.3, 0.4) is 0 Å². The molecule has 0 aliphatic heterocycles. The highest BCUT2D eigenvalue weighted by molar-refractivity contribution is 7.92. The van der Waals surface area contributed by atoms with Crippen LogP contribution in [0.4, 0.5) is 4.39 Å². The number of carbonyl (C=O) groups is 1. The number of hydroxylamine groups is 1. The topological polar surface area (TPSA) is 123 Å². The van der Waals surface area contributed by atoms with Gasteiger partial charge in [-0.2, -0.15) is 0 Å². The molecule has 0 spiro atoms. The molecule has 2 N–H and O–H groups in total. The Balaban J connectivity index is 2.22. The summed E-state index contributed by atoms with van der Waals surface area (Å²) in [4.78, 5) is 11.8. The Labute approximate surface area is 149 Å². The van der Waals surface area contributed by atoms with Gasteiger partial charge in [-0.1, -0.05) is 5.21 Å². The molecule has 0 unspecified atom stereocenters. The number of halogens is 1. The molecule has 0 saturated carbocycles. The van der Waals surface area contributed by atoms with E-state index in [4.69, 9.17) is 9.94 Å². The molecule has 0 aliphatic carbocycles. The van der Waals surface area contributed by atoms with Crippen LogP contribution in [0.5, 0.6) is 5.75 Å². The van der Waals surface area contributed by atoms with Crippen molar-refractivity contribution in [3.63, 3.8) is 0 Å². The first-order valence-corrected chi connectivity index (χ1v) is 9.39. The van der Waals surface area contributed by atoms with Gasteiger partial charge < -0.3 is 4.74 Å². The number of hydrogen-bond acceptors (Lipinski definition) is 7. The summed E-state index contributed by atoms with van der Waals surface area (Å²) < 4.78 is 42.3. The highest BCUT2D eigenvalue weighted by atomic mass is 32.2. The van der Waals surface area contributed by atoms with Crippen molar-refractivity contribution in [2.75, 3.05) is 13.4 Å². The molecule has 0 bridgehead atoms. The van der Waals surface area contributed by atoms with E-state index in [-0.39, 0.29) is 24.2 Å².